The number of methoxy groups -OCH3 is 1. The van der Waals surface area contributed by atoms with Gasteiger partial charge in [0.25, 0.3) is 5.56 Å². The Labute approximate surface area is 163 Å². The van der Waals surface area contributed by atoms with E-state index in [4.69, 9.17) is 27.9 Å². The van der Waals surface area contributed by atoms with E-state index in [0.717, 1.165) is 5.56 Å². The molecular formula is C18H13Cl2N5O2. The normalized spacial score (nSPS) is 11.1. The molecule has 4 aromatic rings. The van der Waals surface area contributed by atoms with E-state index < -0.39 is 0 Å². The molecule has 4 rings (SSSR count). The monoisotopic (exact) mass is 401 g/mol. The van der Waals surface area contributed by atoms with Crippen molar-refractivity contribution in [3.8, 4) is 11.4 Å². The third kappa shape index (κ3) is 3.27. The van der Waals surface area contributed by atoms with Crippen molar-refractivity contribution in [1.82, 2.24) is 24.5 Å². The SMILES string of the molecule is COc1cccc(-n2nnc3c(=O)n(Cc4ccc(Cl)c(Cl)c4)cnc32)c1. The van der Waals surface area contributed by atoms with Gasteiger partial charge in [0.05, 0.1) is 29.4 Å². The zero-order valence-corrected chi connectivity index (χ0v) is 15.6. The van der Waals surface area contributed by atoms with Gasteiger partial charge < -0.3 is 4.74 Å². The minimum Gasteiger partial charge on any atom is -0.497 e. The molecule has 0 spiro atoms. The second kappa shape index (κ2) is 7.02. The highest BCUT2D eigenvalue weighted by molar-refractivity contribution is 6.42. The first-order chi connectivity index (χ1) is 13.1. The first kappa shape index (κ1) is 17.5. The van der Waals surface area contributed by atoms with Gasteiger partial charge in [-0.1, -0.05) is 40.5 Å². The first-order valence-electron chi connectivity index (χ1n) is 7.96. The van der Waals surface area contributed by atoms with Gasteiger partial charge in [0.2, 0.25) is 0 Å². The Kier molecular flexibility index (Phi) is 4.55. The maximum Gasteiger partial charge on any atom is 0.283 e. The summed E-state index contributed by atoms with van der Waals surface area (Å²) in [5.74, 6) is 0.670. The van der Waals surface area contributed by atoms with Crippen molar-refractivity contribution in [2.45, 2.75) is 6.54 Å². The third-order valence-electron chi connectivity index (χ3n) is 4.06. The molecule has 27 heavy (non-hydrogen) atoms. The fraction of sp³-hybridized carbons (Fsp3) is 0.111. The van der Waals surface area contributed by atoms with E-state index in [9.17, 15) is 4.79 Å². The van der Waals surface area contributed by atoms with E-state index in [0.29, 0.717) is 33.7 Å². The molecule has 0 saturated carbocycles. The van der Waals surface area contributed by atoms with Crippen LogP contribution in [0.15, 0.2) is 53.6 Å². The topological polar surface area (TPSA) is 74.8 Å². The highest BCUT2D eigenvalue weighted by atomic mass is 35.5. The van der Waals surface area contributed by atoms with Crippen LogP contribution in [0.25, 0.3) is 16.9 Å². The molecule has 2 aromatic heterocycles. The number of benzene rings is 2. The molecule has 0 bridgehead atoms. The summed E-state index contributed by atoms with van der Waals surface area (Å²) in [4.78, 5) is 17.1. The fourth-order valence-electron chi connectivity index (χ4n) is 2.71. The zero-order chi connectivity index (χ0) is 19.0. The Bertz CT molecular complexity index is 1200. The lowest BCUT2D eigenvalue weighted by Crippen LogP contribution is -2.21. The number of fused-ring (bicyclic) bond motifs is 1. The van der Waals surface area contributed by atoms with E-state index in [-0.39, 0.29) is 11.1 Å². The summed E-state index contributed by atoms with van der Waals surface area (Å²) in [7, 11) is 1.58. The molecular weight excluding hydrogens is 389 g/mol. The van der Waals surface area contributed by atoms with Crippen molar-refractivity contribution < 1.29 is 4.74 Å². The van der Waals surface area contributed by atoms with Crippen molar-refractivity contribution in [2.75, 3.05) is 7.11 Å². The van der Waals surface area contributed by atoms with Gasteiger partial charge in [-0.25, -0.2) is 4.98 Å². The molecule has 2 aromatic carbocycles. The van der Waals surface area contributed by atoms with Crippen molar-refractivity contribution in [3.05, 3.63) is 74.8 Å². The molecule has 0 saturated heterocycles. The molecule has 0 aliphatic carbocycles. The zero-order valence-electron chi connectivity index (χ0n) is 14.1. The minimum atomic E-state index is -0.291. The van der Waals surface area contributed by atoms with Crippen LogP contribution in [-0.4, -0.2) is 31.7 Å². The van der Waals surface area contributed by atoms with Crippen molar-refractivity contribution >= 4 is 34.4 Å². The smallest absolute Gasteiger partial charge is 0.283 e. The maximum absolute atomic E-state index is 12.8. The highest BCUT2D eigenvalue weighted by Crippen LogP contribution is 2.23. The molecule has 0 fully saturated rings. The molecule has 0 N–H and O–H groups in total. The van der Waals surface area contributed by atoms with E-state index in [1.54, 1.807) is 31.4 Å². The number of nitrogens with zero attached hydrogens (tertiary/aromatic N) is 5. The van der Waals surface area contributed by atoms with Gasteiger partial charge >= 0.3 is 0 Å². The van der Waals surface area contributed by atoms with E-state index in [1.165, 1.54) is 15.6 Å². The van der Waals surface area contributed by atoms with Gasteiger partial charge in [0, 0.05) is 6.07 Å². The Morgan fingerprint density at radius 1 is 1.11 bits per heavy atom. The Morgan fingerprint density at radius 2 is 1.96 bits per heavy atom. The van der Waals surface area contributed by atoms with Crippen LogP contribution in [0.3, 0.4) is 0 Å². The van der Waals surface area contributed by atoms with Crippen molar-refractivity contribution in [2.24, 2.45) is 0 Å². The number of hydrogen-bond acceptors (Lipinski definition) is 5. The first-order valence-corrected chi connectivity index (χ1v) is 8.71. The van der Waals surface area contributed by atoms with E-state index >= 15 is 0 Å². The molecule has 9 heteroatoms. The van der Waals surface area contributed by atoms with Gasteiger partial charge in [0.15, 0.2) is 11.2 Å². The summed E-state index contributed by atoms with van der Waals surface area (Å²) in [6, 6.07) is 12.5. The number of halogens is 2. The maximum atomic E-state index is 12.8. The third-order valence-corrected chi connectivity index (χ3v) is 4.80. The summed E-state index contributed by atoms with van der Waals surface area (Å²) >= 11 is 12.0. The minimum absolute atomic E-state index is 0.181. The van der Waals surface area contributed by atoms with Crippen LogP contribution in [0.5, 0.6) is 5.75 Å². The number of aromatic nitrogens is 5. The van der Waals surface area contributed by atoms with E-state index in [1.807, 2.05) is 18.2 Å². The second-order valence-electron chi connectivity index (χ2n) is 5.80. The highest BCUT2D eigenvalue weighted by Gasteiger charge is 2.14. The number of ether oxygens (including phenoxy) is 1. The molecule has 2 heterocycles. The summed E-state index contributed by atoms with van der Waals surface area (Å²) in [5, 5.41) is 8.98. The van der Waals surface area contributed by atoms with Crippen LogP contribution in [0.2, 0.25) is 10.0 Å². The number of hydrogen-bond donors (Lipinski definition) is 0. The molecule has 136 valence electrons. The molecule has 0 amide bonds. The lowest BCUT2D eigenvalue weighted by atomic mass is 10.2. The summed E-state index contributed by atoms with van der Waals surface area (Å²) in [5.41, 5.74) is 1.79. The van der Waals surface area contributed by atoms with Crippen LogP contribution in [0, 0.1) is 0 Å². The molecule has 0 aliphatic heterocycles. The standard InChI is InChI=1S/C18H13Cl2N5O2/c1-27-13-4-2-3-12(8-13)25-17-16(22-23-25)18(26)24(10-21-17)9-11-5-6-14(19)15(20)7-11/h2-8,10H,9H2,1H3. The van der Waals surface area contributed by atoms with Crippen LogP contribution in [0.1, 0.15) is 5.56 Å². The molecule has 0 radical (unpaired) electrons. The van der Waals surface area contributed by atoms with Gasteiger partial charge in [-0.2, -0.15) is 4.68 Å². The molecule has 0 atom stereocenters. The van der Waals surface area contributed by atoms with Gasteiger partial charge in [-0.3, -0.25) is 9.36 Å². The van der Waals surface area contributed by atoms with Crippen LogP contribution in [0.4, 0.5) is 0 Å². The largest absolute Gasteiger partial charge is 0.497 e. The average Bonchev–Trinajstić information content (AvgIpc) is 3.12. The molecule has 0 unspecified atom stereocenters. The van der Waals surface area contributed by atoms with E-state index in [2.05, 4.69) is 15.3 Å². The summed E-state index contributed by atoms with van der Waals surface area (Å²) < 4.78 is 8.18. The van der Waals surface area contributed by atoms with Crippen LogP contribution < -0.4 is 10.3 Å². The number of rotatable bonds is 4. The van der Waals surface area contributed by atoms with Crippen molar-refractivity contribution in [1.29, 1.82) is 0 Å². The predicted molar refractivity (Wildman–Crippen MR) is 103 cm³/mol. The van der Waals surface area contributed by atoms with Gasteiger partial charge in [-0.05, 0) is 29.8 Å². The predicted octanol–water partition coefficient (Wildman–Crippen LogP) is 3.34. The Balaban J connectivity index is 1.75. The molecule has 7 nitrogen and oxygen atoms in total. The Hall–Kier alpha value is -2.90. The quantitative estimate of drug-likeness (QED) is 0.524. The van der Waals surface area contributed by atoms with Crippen LogP contribution >= 0.6 is 23.2 Å². The lowest BCUT2D eigenvalue weighted by molar-refractivity contribution is 0.414. The Morgan fingerprint density at radius 3 is 2.74 bits per heavy atom. The fourth-order valence-corrected chi connectivity index (χ4v) is 3.03. The van der Waals surface area contributed by atoms with Crippen LogP contribution in [-0.2, 0) is 6.54 Å². The van der Waals surface area contributed by atoms with Gasteiger partial charge in [0.1, 0.15) is 12.1 Å². The van der Waals surface area contributed by atoms with Crippen molar-refractivity contribution in [3.63, 3.8) is 0 Å². The lowest BCUT2D eigenvalue weighted by Gasteiger charge is -2.07. The van der Waals surface area contributed by atoms with Gasteiger partial charge in [-0.15, -0.1) is 5.10 Å². The summed E-state index contributed by atoms with van der Waals surface area (Å²) in [6.45, 7) is 0.296. The second-order valence-corrected chi connectivity index (χ2v) is 6.62. The summed E-state index contributed by atoms with van der Waals surface area (Å²) in [6.07, 6.45) is 1.47. The average molecular weight is 402 g/mol. The molecule has 0 aliphatic rings.